The van der Waals surface area contributed by atoms with E-state index in [2.05, 4.69) is 34.5 Å². The first-order valence-electron chi connectivity index (χ1n) is 9.02. The van der Waals surface area contributed by atoms with Crippen LogP contribution in [0.1, 0.15) is 37.7 Å². The van der Waals surface area contributed by atoms with Crippen LogP contribution in [-0.4, -0.2) is 38.8 Å². The summed E-state index contributed by atoms with van der Waals surface area (Å²) in [6, 6.07) is 8.72. The zero-order chi connectivity index (χ0) is 15.9. The number of carbonyl (C=O) groups excluding carboxylic acids is 1. The van der Waals surface area contributed by atoms with Crippen LogP contribution in [0, 0.1) is 5.92 Å². The molecule has 2 aliphatic rings. The first-order valence-corrected chi connectivity index (χ1v) is 9.02. The predicted octanol–water partition coefficient (Wildman–Crippen LogP) is 2.76. The fraction of sp³-hybridized carbons (Fsp3) is 0.632. The Kier molecular flexibility index (Phi) is 5.92. The lowest BCUT2D eigenvalue weighted by Gasteiger charge is -2.28. The average Bonchev–Trinajstić information content (AvgIpc) is 2.64. The number of nitrogens with zero attached hydrogens (tertiary/aromatic N) is 1. The number of hydrogen-bond acceptors (Lipinski definition) is 3. The van der Waals surface area contributed by atoms with Crippen molar-refractivity contribution in [1.29, 1.82) is 0 Å². The molecule has 0 spiro atoms. The van der Waals surface area contributed by atoms with Gasteiger partial charge in [-0.1, -0.05) is 31.4 Å². The van der Waals surface area contributed by atoms with Gasteiger partial charge < -0.3 is 15.0 Å². The van der Waals surface area contributed by atoms with E-state index < -0.39 is 0 Å². The third-order valence-electron chi connectivity index (χ3n) is 5.00. The molecule has 4 heteroatoms. The lowest BCUT2D eigenvalue weighted by Crippen LogP contribution is -2.36. The third kappa shape index (κ3) is 4.71. The van der Waals surface area contributed by atoms with Crippen LogP contribution in [0.25, 0.3) is 0 Å². The van der Waals surface area contributed by atoms with Crippen LogP contribution >= 0.6 is 0 Å². The van der Waals surface area contributed by atoms with Gasteiger partial charge in [0.15, 0.2) is 0 Å². The van der Waals surface area contributed by atoms with E-state index in [0.717, 1.165) is 52.1 Å². The minimum Gasteiger partial charge on any atom is -0.378 e. The summed E-state index contributed by atoms with van der Waals surface area (Å²) in [4.78, 5) is 14.5. The lowest BCUT2D eigenvalue weighted by atomic mass is 9.88. The molecule has 23 heavy (non-hydrogen) atoms. The van der Waals surface area contributed by atoms with Gasteiger partial charge in [-0.05, 0) is 37.0 Å². The second-order valence-electron chi connectivity index (χ2n) is 6.64. The number of rotatable bonds is 5. The van der Waals surface area contributed by atoms with Crippen molar-refractivity contribution in [1.82, 2.24) is 5.32 Å². The normalized spacial score (nSPS) is 19.6. The molecule has 1 amide bonds. The van der Waals surface area contributed by atoms with Crippen molar-refractivity contribution in [3.05, 3.63) is 29.8 Å². The molecule has 0 bridgehead atoms. The molecule has 1 heterocycles. The van der Waals surface area contributed by atoms with E-state index in [1.54, 1.807) is 0 Å². The van der Waals surface area contributed by atoms with Crippen molar-refractivity contribution < 1.29 is 9.53 Å². The van der Waals surface area contributed by atoms with Gasteiger partial charge in [-0.15, -0.1) is 0 Å². The Morgan fingerprint density at radius 1 is 1.09 bits per heavy atom. The van der Waals surface area contributed by atoms with E-state index in [0.29, 0.717) is 0 Å². The van der Waals surface area contributed by atoms with E-state index >= 15 is 0 Å². The summed E-state index contributed by atoms with van der Waals surface area (Å²) in [5, 5.41) is 3.11. The Balaban J connectivity index is 1.42. The first-order chi connectivity index (χ1) is 11.3. The molecule has 0 radical (unpaired) electrons. The number of ether oxygens (including phenoxy) is 1. The van der Waals surface area contributed by atoms with Crippen LogP contribution in [-0.2, 0) is 16.0 Å². The van der Waals surface area contributed by atoms with Crippen LogP contribution in [0.2, 0.25) is 0 Å². The molecule has 1 saturated carbocycles. The zero-order valence-corrected chi connectivity index (χ0v) is 13.9. The average molecular weight is 316 g/mol. The van der Waals surface area contributed by atoms with Crippen molar-refractivity contribution >= 4 is 11.6 Å². The van der Waals surface area contributed by atoms with Crippen LogP contribution in [0.15, 0.2) is 24.3 Å². The topological polar surface area (TPSA) is 41.6 Å². The van der Waals surface area contributed by atoms with Gasteiger partial charge in [0, 0.05) is 31.2 Å². The van der Waals surface area contributed by atoms with E-state index in [4.69, 9.17) is 4.74 Å². The van der Waals surface area contributed by atoms with Gasteiger partial charge in [-0.25, -0.2) is 0 Å². The largest absolute Gasteiger partial charge is 0.378 e. The van der Waals surface area contributed by atoms with Gasteiger partial charge in [0.2, 0.25) is 5.91 Å². The Labute approximate surface area is 139 Å². The number of benzene rings is 1. The summed E-state index contributed by atoms with van der Waals surface area (Å²) in [5.74, 6) is 0.516. The maximum Gasteiger partial charge on any atom is 0.223 e. The molecule has 0 unspecified atom stereocenters. The highest BCUT2D eigenvalue weighted by molar-refractivity contribution is 5.78. The second kappa shape index (κ2) is 8.34. The SMILES string of the molecule is O=C(NCCc1ccc(N2CCOCC2)cc1)C1CCCCC1. The van der Waals surface area contributed by atoms with Gasteiger partial charge >= 0.3 is 0 Å². The summed E-state index contributed by atoms with van der Waals surface area (Å²) < 4.78 is 5.39. The highest BCUT2D eigenvalue weighted by atomic mass is 16.5. The van der Waals surface area contributed by atoms with Crippen molar-refractivity contribution in [2.45, 2.75) is 38.5 Å². The zero-order valence-electron chi connectivity index (χ0n) is 13.9. The molecule has 0 atom stereocenters. The van der Waals surface area contributed by atoms with Crippen LogP contribution in [0.3, 0.4) is 0 Å². The smallest absolute Gasteiger partial charge is 0.223 e. The molecule has 1 N–H and O–H groups in total. The van der Waals surface area contributed by atoms with Crippen molar-refractivity contribution in [3.8, 4) is 0 Å². The minimum atomic E-state index is 0.257. The van der Waals surface area contributed by atoms with Crippen LogP contribution in [0.4, 0.5) is 5.69 Å². The maximum atomic E-state index is 12.1. The third-order valence-corrected chi connectivity index (χ3v) is 5.00. The summed E-state index contributed by atoms with van der Waals surface area (Å²) in [6.07, 6.45) is 6.75. The molecular formula is C19H28N2O2. The van der Waals surface area contributed by atoms with E-state index in [-0.39, 0.29) is 11.8 Å². The number of hydrogen-bond donors (Lipinski definition) is 1. The van der Waals surface area contributed by atoms with Crippen LogP contribution < -0.4 is 10.2 Å². The van der Waals surface area contributed by atoms with E-state index in [9.17, 15) is 4.79 Å². The Morgan fingerprint density at radius 2 is 1.78 bits per heavy atom. The standard InChI is InChI=1S/C19H28N2O2/c22-19(17-4-2-1-3-5-17)20-11-10-16-6-8-18(9-7-16)21-12-14-23-15-13-21/h6-9,17H,1-5,10-15H2,(H,20,22). The maximum absolute atomic E-state index is 12.1. The fourth-order valence-electron chi connectivity index (χ4n) is 3.53. The molecule has 1 aromatic carbocycles. The summed E-state index contributed by atoms with van der Waals surface area (Å²) in [6.45, 7) is 4.31. The quantitative estimate of drug-likeness (QED) is 0.908. The lowest BCUT2D eigenvalue weighted by molar-refractivity contribution is -0.125. The molecule has 4 nitrogen and oxygen atoms in total. The van der Waals surface area contributed by atoms with E-state index in [1.165, 1.54) is 30.5 Å². The predicted molar refractivity (Wildman–Crippen MR) is 92.8 cm³/mol. The van der Waals surface area contributed by atoms with Gasteiger partial charge in [-0.3, -0.25) is 4.79 Å². The number of morpholine rings is 1. The molecule has 126 valence electrons. The summed E-state index contributed by atoms with van der Waals surface area (Å²) in [5.41, 5.74) is 2.55. The molecule has 1 aromatic rings. The summed E-state index contributed by atoms with van der Waals surface area (Å²) in [7, 11) is 0. The highest BCUT2D eigenvalue weighted by Gasteiger charge is 2.20. The van der Waals surface area contributed by atoms with Crippen molar-refractivity contribution in [3.63, 3.8) is 0 Å². The highest BCUT2D eigenvalue weighted by Crippen LogP contribution is 2.23. The molecule has 1 aliphatic carbocycles. The minimum absolute atomic E-state index is 0.257. The van der Waals surface area contributed by atoms with Gasteiger partial charge in [-0.2, -0.15) is 0 Å². The van der Waals surface area contributed by atoms with E-state index in [1.807, 2.05) is 0 Å². The number of amides is 1. The molecule has 1 saturated heterocycles. The Hall–Kier alpha value is -1.55. The van der Waals surface area contributed by atoms with Crippen LogP contribution in [0.5, 0.6) is 0 Å². The number of anilines is 1. The molecule has 0 aromatic heterocycles. The molecule has 3 rings (SSSR count). The van der Waals surface area contributed by atoms with Crippen molar-refractivity contribution in [2.24, 2.45) is 5.92 Å². The second-order valence-corrected chi connectivity index (χ2v) is 6.64. The monoisotopic (exact) mass is 316 g/mol. The Bertz CT molecular complexity index is 489. The van der Waals surface area contributed by atoms with Gasteiger partial charge in [0.1, 0.15) is 0 Å². The van der Waals surface area contributed by atoms with Gasteiger partial charge in [0.25, 0.3) is 0 Å². The summed E-state index contributed by atoms with van der Waals surface area (Å²) >= 11 is 0. The first kappa shape index (κ1) is 16.3. The molecule has 2 fully saturated rings. The van der Waals surface area contributed by atoms with Crippen molar-refractivity contribution in [2.75, 3.05) is 37.7 Å². The fourth-order valence-corrected chi connectivity index (χ4v) is 3.53. The molecular weight excluding hydrogens is 288 g/mol. The van der Waals surface area contributed by atoms with Gasteiger partial charge in [0.05, 0.1) is 13.2 Å². The molecule has 1 aliphatic heterocycles. The number of carbonyl (C=O) groups is 1. The number of nitrogens with one attached hydrogen (secondary N) is 1. The Morgan fingerprint density at radius 3 is 2.48 bits per heavy atom.